The van der Waals surface area contributed by atoms with Crippen LogP contribution in [0.5, 0.6) is 0 Å². The van der Waals surface area contributed by atoms with Crippen molar-refractivity contribution in [1.82, 2.24) is 9.80 Å². The summed E-state index contributed by atoms with van der Waals surface area (Å²) in [6.45, 7) is 2.99. The molecule has 3 rings (SSSR count). The normalized spacial score (nSPS) is 22.1. The van der Waals surface area contributed by atoms with Crippen molar-refractivity contribution in [3.63, 3.8) is 0 Å². The largest absolute Gasteiger partial charge is 0.342 e. The van der Waals surface area contributed by atoms with E-state index >= 15 is 0 Å². The summed E-state index contributed by atoms with van der Waals surface area (Å²) in [7, 11) is 0. The Hall–Kier alpha value is -1.55. The predicted molar refractivity (Wildman–Crippen MR) is 95.1 cm³/mol. The maximum atomic E-state index is 12.8. The average Bonchev–Trinajstić information content (AvgIpc) is 2.90. The number of carbonyl (C=O) groups is 2. The van der Waals surface area contributed by atoms with Gasteiger partial charge in [0.05, 0.1) is 5.92 Å². The van der Waals surface area contributed by atoms with E-state index < -0.39 is 0 Å². The molecule has 0 unspecified atom stereocenters. The Labute approximate surface area is 148 Å². The highest BCUT2D eigenvalue weighted by atomic mass is 35.5. The fourth-order valence-electron chi connectivity index (χ4n) is 3.72. The van der Waals surface area contributed by atoms with Crippen molar-refractivity contribution in [3.8, 4) is 0 Å². The van der Waals surface area contributed by atoms with Crippen molar-refractivity contribution >= 4 is 23.4 Å². The van der Waals surface area contributed by atoms with E-state index in [-0.39, 0.29) is 17.7 Å². The summed E-state index contributed by atoms with van der Waals surface area (Å²) in [5.41, 5.74) is 0.602. The Morgan fingerprint density at radius 1 is 0.958 bits per heavy atom. The van der Waals surface area contributed by atoms with Crippen LogP contribution in [0.15, 0.2) is 24.3 Å². The van der Waals surface area contributed by atoms with Crippen molar-refractivity contribution in [1.29, 1.82) is 0 Å². The van der Waals surface area contributed by atoms with Crippen LogP contribution in [0, 0.1) is 5.92 Å². The van der Waals surface area contributed by atoms with Crippen LogP contribution in [0.1, 0.15) is 48.9 Å². The molecule has 130 valence electrons. The molecule has 0 aliphatic carbocycles. The van der Waals surface area contributed by atoms with Gasteiger partial charge in [-0.1, -0.05) is 30.5 Å². The monoisotopic (exact) mass is 348 g/mol. The molecule has 1 atom stereocenters. The van der Waals surface area contributed by atoms with Crippen molar-refractivity contribution in [2.75, 3.05) is 26.2 Å². The number of hydrogen-bond acceptors (Lipinski definition) is 2. The molecule has 0 saturated carbocycles. The van der Waals surface area contributed by atoms with Gasteiger partial charge in [-0.25, -0.2) is 0 Å². The predicted octanol–water partition coefficient (Wildman–Crippen LogP) is 3.59. The molecule has 0 radical (unpaired) electrons. The van der Waals surface area contributed by atoms with Gasteiger partial charge in [0.25, 0.3) is 5.91 Å². The number of nitrogens with zero attached hydrogens (tertiary/aromatic N) is 2. The Morgan fingerprint density at radius 3 is 2.38 bits per heavy atom. The van der Waals surface area contributed by atoms with Crippen molar-refractivity contribution in [2.45, 2.75) is 38.5 Å². The van der Waals surface area contributed by atoms with Crippen LogP contribution in [0.2, 0.25) is 5.02 Å². The van der Waals surface area contributed by atoms with Gasteiger partial charge in [0.2, 0.25) is 5.91 Å². The molecule has 4 nitrogen and oxygen atoms in total. The first kappa shape index (κ1) is 17.3. The number of likely N-dealkylation sites (tertiary alicyclic amines) is 2. The molecular weight excluding hydrogens is 324 g/mol. The maximum absolute atomic E-state index is 12.8. The van der Waals surface area contributed by atoms with Gasteiger partial charge in [-0.05, 0) is 43.9 Å². The van der Waals surface area contributed by atoms with Crippen LogP contribution in [0.4, 0.5) is 0 Å². The fourth-order valence-corrected chi connectivity index (χ4v) is 3.91. The number of hydrogen-bond donors (Lipinski definition) is 0. The zero-order chi connectivity index (χ0) is 16.9. The lowest BCUT2D eigenvalue weighted by Gasteiger charge is -2.35. The smallest absolute Gasteiger partial charge is 0.253 e. The second kappa shape index (κ2) is 8.02. The molecule has 24 heavy (non-hydrogen) atoms. The third-order valence-electron chi connectivity index (χ3n) is 5.05. The van der Waals surface area contributed by atoms with Crippen LogP contribution in [-0.2, 0) is 4.79 Å². The summed E-state index contributed by atoms with van der Waals surface area (Å²) in [6, 6.07) is 7.04. The standard InChI is InChI=1S/C19H25ClN2O2/c20-17-9-5-7-15(13-17)18(23)22-12-6-8-16(14-22)19(24)21-10-3-1-2-4-11-21/h5,7,9,13,16H,1-4,6,8,10-12,14H2/t16-/m1/s1. The number of amides is 2. The minimum Gasteiger partial charge on any atom is -0.342 e. The molecule has 5 heteroatoms. The van der Waals surface area contributed by atoms with E-state index in [9.17, 15) is 9.59 Å². The molecule has 2 aliphatic rings. The summed E-state index contributed by atoms with van der Waals surface area (Å²) < 4.78 is 0. The first-order valence-electron chi connectivity index (χ1n) is 8.99. The molecular formula is C19H25ClN2O2. The first-order valence-corrected chi connectivity index (χ1v) is 9.36. The van der Waals surface area contributed by atoms with E-state index in [1.807, 2.05) is 9.80 Å². The van der Waals surface area contributed by atoms with Gasteiger partial charge in [-0.3, -0.25) is 9.59 Å². The second-order valence-corrected chi connectivity index (χ2v) is 7.28. The quantitative estimate of drug-likeness (QED) is 0.819. The lowest BCUT2D eigenvalue weighted by molar-refractivity contribution is -0.136. The highest BCUT2D eigenvalue weighted by Crippen LogP contribution is 2.23. The summed E-state index contributed by atoms with van der Waals surface area (Å²) in [5.74, 6) is 0.159. The zero-order valence-corrected chi connectivity index (χ0v) is 14.8. The third-order valence-corrected chi connectivity index (χ3v) is 5.28. The Balaban J connectivity index is 1.65. The van der Waals surface area contributed by atoms with Crippen LogP contribution in [0.3, 0.4) is 0 Å². The molecule has 2 saturated heterocycles. The molecule has 2 aliphatic heterocycles. The first-order chi connectivity index (χ1) is 11.6. The zero-order valence-electron chi connectivity index (χ0n) is 14.0. The lowest BCUT2D eigenvalue weighted by atomic mass is 9.95. The van der Waals surface area contributed by atoms with Crippen LogP contribution in [-0.4, -0.2) is 47.8 Å². The second-order valence-electron chi connectivity index (χ2n) is 6.84. The van der Waals surface area contributed by atoms with E-state index in [1.165, 1.54) is 12.8 Å². The fraction of sp³-hybridized carbons (Fsp3) is 0.579. The van der Waals surface area contributed by atoms with E-state index in [2.05, 4.69) is 0 Å². The number of benzene rings is 1. The summed E-state index contributed by atoms with van der Waals surface area (Å²) in [6.07, 6.45) is 6.40. The molecule has 0 bridgehead atoms. The minimum absolute atomic E-state index is 0.0223. The van der Waals surface area contributed by atoms with E-state index in [0.29, 0.717) is 17.1 Å². The SMILES string of the molecule is O=C(c1cccc(Cl)c1)N1CCC[C@@H](C(=O)N2CCCCCC2)C1. The van der Waals surface area contributed by atoms with Gasteiger partial charge in [0.15, 0.2) is 0 Å². The Morgan fingerprint density at radius 2 is 1.67 bits per heavy atom. The van der Waals surface area contributed by atoms with E-state index in [0.717, 1.165) is 45.3 Å². The van der Waals surface area contributed by atoms with Gasteiger partial charge in [-0.2, -0.15) is 0 Å². The Kier molecular flexibility index (Phi) is 5.77. The van der Waals surface area contributed by atoms with Crippen LogP contribution in [0.25, 0.3) is 0 Å². The van der Waals surface area contributed by atoms with Gasteiger partial charge in [-0.15, -0.1) is 0 Å². The summed E-state index contributed by atoms with van der Waals surface area (Å²) in [5, 5.41) is 0.565. The molecule has 2 amide bonds. The molecule has 2 heterocycles. The topological polar surface area (TPSA) is 40.6 Å². The average molecular weight is 349 g/mol. The molecule has 2 fully saturated rings. The molecule has 0 spiro atoms. The molecule has 1 aromatic carbocycles. The Bertz CT molecular complexity index is 597. The van der Waals surface area contributed by atoms with E-state index in [1.54, 1.807) is 24.3 Å². The lowest BCUT2D eigenvalue weighted by Crippen LogP contribution is -2.47. The van der Waals surface area contributed by atoms with Crippen molar-refractivity contribution in [3.05, 3.63) is 34.9 Å². The van der Waals surface area contributed by atoms with E-state index in [4.69, 9.17) is 11.6 Å². The molecule has 1 aromatic rings. The van der Waals surface area contributed by atoms with Crippen molar-refractivity contribution in [2.24, 2.45) is 5.92 Å². The highest BCUT2D eigenvalue weighted by Gasteiger charge is 2.31. The van der Waals surface area contributed by atoms with Gasteiger partial charge < -0.3 is 9.80 Å². The summed E-state index contributed by atoms with van der Waals surface area (Å²) in [4.78, 5) is 29.4. The molecule has 0 N–H and O–H groups in total. The van der Waals surface area contributed by atoms with Crippen LogP contribution < -0.4 is 0 Å². The number of piperidine rings is 1. The molecule has 0 aromatic heterocycles. The van der Waals surface area contributed by atoms with Crippen LogP contribution >= 0.6 is 11.6 Å². The third kappa shape index (κ3) is 4.10. The van der Waals surface area contributed by atoms with Gasteiger partial charge in [0.1, 0.15) is 0 Å². The number of halogens is 1. The van der Waals surface area contributed by atoms with Gasteiger partial charge in [0, 0.05) is 36.8 Å². The van der Waals surface area contributed by atoms with Crippen molar-refractivity contribution < 1.29 is 9.59 Å². The maximum Gasteiger partial charge on any atom is 0.253 e. The minimum atomic E-state index is -0.0556. The highest BCUT2D eigenvalue weighted by molar-refractivity contribution is 6.30. The number of carbonyl (C=O) groups excluding carboxylic acids is 2. The van der Waals surface area contributed by atoms with Gasteiger partial charge >= 0.3 is 0 Å². The summed E-state index contributed by atoms with van der Waals surface area (Å²) >= 11 is 5.99. The number of rotatable bonds is 2.